The lowest BCUT2D eigenvalue weighted by atomic mass is 10.1. The van der Waals surface area contributed by atoms with E-state index in [-0.39, 0.29) is 11.8 Å². The van der Waals surface area contributed by atoms with Crippen molar-refractivity contribution < 1.29 is 9.59 Å². The van der Waals surface area contributed by atoms with Crippen molar-refractivity contribution in [1.82, 2.24) is 9.55 Å². The summed E-state index contributed by atoms with van der Waals surface area (Å²) in [6.07, 6.45) is 3.69. The molecule has 0 aliphatic carbocycles. The minimum absolute atomic E-state index is 0.120. The number of hydrogen-bond acceptors (Lipinski definition) is 3. The van der Waals surface area contributed by atoms with E-state index in [1.807, 2.05) is 37.4 Å². The number of carbonyl (C=O) groups is 2. The third-order valence-corrected chi connectivity index (χ3v) is 6.03. The molecular weight excluding hydrogens is 436 g/mol. The zero-order chi connectivity index (χ0) is 22.9. The molecule has 1 aromatic heterocycles. The number of aryl methyl sites for hydroxylation is 1. The summed E-state index contributed by atoms with van der Waals surface area (Å²) in [7, 11) is 0. The van der Waals surface area contributed by atoms with E-state index in [0.717, 1.165) is 22.6 Å². The van der Waals surface area contributed by atoms with Gasteiger partial charge in [-0.25, -0.2) is 4.98 Å². The van der Waals surface area contributed by atoms with Gasteiger partial charge in [0, 0.05) is 39.9 Å². The topological polar surface area (TPSA) is 67.2 Å². The lowest BCUT2D eigenvalue weighted by molar-refractivity contribution is 0.0983. The van der Waals surface area contributed by atoms with Crippen LogP contribution >= 0.6 is 11.6 Å². The summed E-state index contributed by atoms with van der Waals surface area (Å²) in [5.41, 5.74) is 4.43. The van der Waals surface area contributed by atoms with Crippen LogP contribution in [-0.4, -0.2) is 21.4 Å². The first-order valence-electron chi connectivity index (χ1n) is 10.6. The van der Waals surface area contributed by atoms with Gasteiger partial charge >= 0.3 is 0 Å². The van der Waals surface area contributed by atoms with E-state index < -0.39 is 0 Å². The highest BCUT2D eigenvalue weighted by molar-refractivity contribution is 6.30. The molecule has 33 heavy (non-hydrogen) atoms. The SMILES string of the molecule is Cc1cc(Cl)ccc1C(=O)Nc1ccc(C(=O)N2Cc3nccn3Cc3ccccc32)cc1. The Hall–Kier alpha value is -3.90. The molecule has 1 aliphatic heterocycles. The molecule has 0 spiro atoms. The number of rotatable bonds is 3. The van der Waals surface area contributed by atoms with Crippen molar-refractivity contribution in [3.63, 3.8) is 0 Å². The molecule has 0 saturated heterocycles. The van der Waals surface area contributed by atoms with Crippen LogP contribution in [0.15, 0.2) is 79.1 Å². The van der Waals surface area contributed by atoms with Crippen LogP contribution in [0.1, 0.15) is 37.7 Å². The molecule has 0 atom stereocenters. The van der Waals surface area contributed by atoms with Gasteiger partial charge in [0.1, 0.15) is 5.82 Å². The van der Waals surface area contributed by atoms with Crippen molar-refractivity contribution in [1.29, 1.82) is 0 Å². The van der Waals surface area contributed by atoms with Gasteiger partial charge in [-0.05, 0) is 66.6 Å². The van der Waals surface area contributed by atoms with Crippen molar-refractivity contribution in [3.8, 4) is 0 Å². The van der Waals surface area contributed by atoms with Crippen molar-refractivity contribution in [2.45, 2.75) is 20.0 Å². The van der Waals surface area contributed by atoms with Crippen LogP contribution in [0.2, 0.25) is 5.02 Å². The summed E-state index contributed by atoms with van der Waals surface area (Å²) in [6, 6.07) is 20.0. The molecule has 1 aliphatic rings. The second kappa shape index (κ2) is 8.56. The van der Waals surface area contributed by atoms with Crippen LogP contribution < -0.4 is 10.2 Å². The molecule has 5 rings (SSSR count). The number of carbonyl (C=O) groups excluding carboxylic acids is 2. The fourth-order valence-electron chi connectivity index (χ4n) is 4.07. The van der Waals surface area contributed by atoms with Crippen LogP contribution in [0.3, 0.4) is 0 Å². The van der Waals surface area contributed by atoms with E-state index in [4.69, 9.17) is 11.6 Å². The van der Waals surface area contributed by atoms with Crippen LogP contribution in [-0.2, 0) is 13.1 Å². The van der Waals surface area contributed by atoms with E-state index in [1.54, 1.807) is 53.6 Å². The van der Waals surface area contributed by atoms with E-state index in [1.165, 1.54) is 0 Å². The van der Waals surface area contributed by atoms with Crippen molar-refractivity contribution in [3.05, 3.63) is 112 Å². The highest BCUT2D eigenvalue weighted by Gasteiger charge is 2.25. The number of hydrogen-bond donors (Lipinski definition) is 1. The largest absolute Gasteiger partial charge is 0.329 e. The first-order chi connectivity index (χ1) is 16.0. The minimum Gasteiger partial charge on any atom is -0.329 e. The Labute approximate surface area is 196 Å². The highest BCUT2D eigenvalue weighted by atomic mass is 35.5. The molecule has 0 saturated carbocycles. The van der Waals surface area contributed by atoms with Gasteiger partial charge in [-0.15, -0.1) is 0 Å². The third-order valence-electron chi connectivity index (χ3n) is 5.79. The second-order valence-electron chi connectivity index (χ2n) is 7.98. The Bertz CT molecular complexity index is 1360. The molecule has 1 N–H and O–H groups in total. The number of imidazole rings is 1. The van der Waals surface area contributed by atoms with Gasteiger partial charge < -0.3 is 14.8 Å². The smallest absolute Gasteiger partial charge is 0.258 e. The molecule has 0 fully saturated rings. The van der Waals surface area contributed by atoms with Crippen molar-refractivity contribution >= 4 is 34.8 Å². The normalized spacial score (nSPS) is 12.5. The molecule has 2 heterocycles. The van der Waals surface area contributed by atoms with E-state index in [2.05, 4.69) is 14.9 Å². The predicted octanol–water partition coefficient (Wildman–Crippen LogP) is 5.31. The van der Waals surface area contributed by atoms with E-state index >= 15 is 0 Å². The van der Waals surface area contributed by atoms with E-state index in [0.29, 0.717) is 34.9 Å². The Morgan fingerprint density at radius 2 is 1.79 bits per heavy atom. The quantitative estimate of drug-likeness (QED) is 0.454. The molecule has 3 aromatic carbocycles. The second-order valence-corrected chi connectivity index (χ2v) is 8.42. The Morgan fingerprint density at radius 3 is 2.58 bits per heavy atom. The fraction of sp³-hybridized carbons (Fsp3) is 0.115. The number of benzene rings is 3. The third kappa shape index (κ3) is 4.13. The van der Waals surface area contributed by atoms with Crippen molar-refractivity contribution in [2.75, 3.05) is 10.2 Å². The predicted molar refractivity (Wildman–Crippen MR) is 129 cm³/mol. The monoisotopic (exact) mass is 456 g/mol. The maximum atomic E-state index is 13.5. The van der Waals surface area contributed by atoms with E-state index in [9.17, 15) is 9.59 Å². The number of para-hydroxylation sites is 1. The summed E-state index contributed by atoms with van der Waals surface area (Å²) < 4.78 is 2.06. The Kier molecular flexibility index (Phi) is 5.44. The zero-order valence-electron chi connectivity index (χ0n) is 18.0. The molecule has 2 amide bonds. The molecule has 7 heteroatoms. The number of nitrogens with zero attached hydrogens (tertiary/aromatic N) is 3. The van der Waals surface area contributed by atoms with Crippen molar-refractivity contribution in [2.24, 2.45) is 0 Å². The molecule has 4 aromatic rings. The first kappa shape index (κ1) is 21.0. The molecule has 0 unspecified atom stereocenters. The summed E-state index contributed by atoms with van der Waals surface area (Å²) in [5.74, 6) is 0.489. The lowest BCUT2D eigenvalue weighted by Gasteiger charge is -2.22. The average molecular weight is 457 g/mol. The number of anilines is 2. The summed E-state index contributed by atoms with van der Waals surface area (Å²) in [4.78, 5) is 32.3. The van der Waals surface area contributed by atoms with Gasteiger partial charge in [-0.3, -0.25) is 9.59 Å². The number of halogens is 1. The average Bonchev–Trinajstić information content (AvgIpc) is 3.18. The van der Waals surface area contributed by atoms with Gasteiger partial charge in [0.15, 0.2) is 0 Å². The Morgan fingerprint density at radius 1 is 1.00 bits per heavy atom. The van der Waals surface area contributed by atoms with Gasteiger partial charge in [0.25, 0.3) is 11.8 Å². The summed E-state index contributed by atoms with van der Waals surface area (Å²) >= 11 is 5.98. The lowest BCUT2D eigenvalue weighted by Crippen LogP contribution is -2.30. The van der Waals surface area contributed by atoms with Crippen LogP contribution in [0, 0.1) is 6.92 Å². The zero-order valence-corrected chi connectivity index (χ0v) is 18.7. The van der Waals surface area contributed by atoms with Crippen LogP contribution in [0.25, 0.3) is 0 Å². The van der Waals surface area contributed by atoms with Crippen LogP contribution in [0.5, 0.6) is 0 Å². The van der Waals surface area contributed by atoms with Gasteiger partial charge in [-0.1, -0.05) is 29.8 Å². The number of fused-ring (bicyclic) bond motifs is 2. The number of aromatic nitrogens is 2. The molecule has 0 bridgehead atoms. The molecule has 0 radical (unpaired) electrons. The molecule has 164 valence electrons. The standard InChI is InChI=1S/C26H21ClN4O2/c1-17-14-20(27)8-11-22(17)25(32)29-21-9-6-18(7-10-21)26(33)31-16-24-28-12-13-30(24)15-19-4-2-3-5-23(19)31/h2-14H,15-16H2,1H3,(H,29,32). The minimum atomic E-state index is -0.225. The fourth-order valence-corrected chi connectivity index (χ4v) is 4.29. The maximum Gasteiger partial charge on any atom is 0.258 e. The molecule has 6 nitrogen and oxygen atoms in total. The highest BCUT2D eigenvalue weighted by Crippen LogP contribution is 2.28. The maximum absolute atomic E-state index is 13.5. The van der Waals surface area contributed by atoms with Gasteiger partial charge in [0.05, 0.1) is 13.1 Å². The van der Waals surface area contributed by atoms with Gasteiger partial charge in [0.2, 0.25) is 0 Å². The summed E-state index contributed by atoms with van der Waals surface area (Å²) in [5, 5.41) is 3.47. The number of amides is 2. The van der Waals surface area contributed by atoms with Gasteiger partial charge in [-0.2, -0.15) is 0 Å². The summed E-state index contributed by atoms with van der Waals surface area (Å²) in [6.45, 7) is 2.90. The Balaban J connectivity index is 1.38. The van der Waals surface area contributed by atoms with Crippen LogP contribution in [0.4, 0.5) is 11.4 Å². The number of nitrogens with one attached hydrogen (secondary N) is 1. The first-order valence-corrected chi connectivity index (χ1v) is 10.9. The molecular formula is C26H21ClN4O2.